The van der Waals surface area contributed by atoms with Crippen LogP contribution in [0.1, 0.15) is 25.0 Å². The van der Waals surface area contributed by atoms with E-state index in [1.165, 1.54) is 0 Å². The fraction of sp³-hybridized carbons (Fsp3) is 0.167. The normalized spacial score (nSPS) is 18.0. The third kappa shape index (κ3) is 2.50. The van der Waals surface area contributed by atoms with Crippen molar-refractivity contribution in [3.05, 3.63) is 70.6 Å². The topological polar surface area (TPSA) is 49.7 Å². The highest BCUT2D eigenvalue weighted by atomic mass is 32.2. The minimum absolute atomic E-state index is 0.0382. The maximum atomic E-state index is 12.8. The average Bonchev–Trinajstić information content (AvgIpc) is 2.78. The molecule has 1 heterocycles. The summed E-state index contributed by atoms with van der Waals surface area (Å²) in [6.07, 6.45) is 0. The summed E-state index contributed by atoms with van der Waals surface area (Å²) in [5.74, 6) is 0.0668. The molecule has 3 rings (SSSR count). The summed E-state index contributed by atoms with van der Waals surface area (Å²) in [5, 5.41) is 10.6. The van der Waals surface area contributed by atoms with E-state index in [2.05, 4.69) is 4.99 Å². The van der Waals surface area contributed by atoms with Crippen LogP contribution < -0.4 is 0 Å². The van der Waals surface area contributed by atoms with Gasteiger partial charge in [0.2, 0.25) is 0 Å². The number of aliphatic imine (C=N–C) groups is 1. The lowest BCUT2D eigenvalue weighted by Crippen LogP contribution is -2.11. The standard InChI is InChI=1S/C18H17NO2S/c1-12(2)19-16(13-8-4-3-5-9-13)18-17(20)14-10-6-7-11-15(14)22(18)21/h3-12,20H,1-2H3. The summed E-state index contributed by atoms with van der Waals surface area (Å²) in [5.41, 5.74) is 2.09. The van der Waals surface area contributed by atoms with Crippen molar-refractivity contribution in [1.82, 2.24) is 0 Å². The van der Waals surface area contributed by atoms with Crippen LogP contribution in [0.5, 0.6) is 0 Å². The maximum Gasteiger partial charge on any atom is 0.142 e. The van der Waals surface area contributed by atoms with Gasteiger partial charge in [-0.25, -0.2) is 4.21 Å². The SMILES string of the molecule is CC(C)N=C(C1=C(O)c2ccccc2S1=O)c1ccccc1. The predicted molar refractivity (Wildman–Crippen MR) is 90.5 cm³/mol. The van der Waals surface area contributed by atoms with Gasteiger partial charge in [0.05, 0.1) is 21.4 Å². The number of hydrogen-bond acceptors (Lipinski definition) is 3. The Balaban J connectivity index is 2.19. The minimum Gasteiger partial charge on any atom is -0.506 e. The van der Waals surface area contributed by atoms with Crippen LogP contribution in [0.4, 0.5) is 0 Å². The maximum absolute atomic E-state index is 12.8. The number of nitrogens with zero attached hydrogens (tertiary/aromatic N) is 1. The number of aliphatic hydroxyl groups excluding tert-OH is 1. The van der Waals surface area contributed by atoms with Crippen molar-refractivity contribution in [1.29, 1.82) is 0 Å². The third-order valence-electron chi connectivity index (χ3n) is 3.39. The highest BCUT2D eigenvalue weighted by Crippen LogP contribution is 2.36. The summed E-state index contributed by atoms with van der Waals surface area (Å²) in [4.78, 5) is 5.66. The molecule has 0 saturated carbocycles. The molecule has 2 aromatic rings. The second-order valence-electron chi connectivity index (χ2n) is 5.38. The lowest BCUT2D eigenvalue weighted by molar-refractivity contribution is 0.511. The highest BCUT2D eigenvalue weighted by molar-refractivity contribution is 7.90. The van der Waals surface area contributed by atoms with Gasteiger partial charge in [-0.15, -0.1) is 0 Å². The van der Waals surface area contributed by atoms with Gasteiger partial charge in [-0.1, -0.05) is 42.5 Å². The zero-order valence-corrected chi connectivity index (χ0v) is 13.3. The Labute approximate surface area is 132 Å². The Morgan fingerprint density at radius 2 is 1.68 bits per heavy atom. The highest BCUT2D eigenvalue weighted by Gasteiger charge is 2.32. The van der Waals surface area contributed by atoms with E-state index in [4.69, 9.17) is 0 Å². The Bertz CT molecular complexity index is 792. The lowest BCUT2D eigenvalue weighted by Gasteiger charge is -2.10. The van der Waals surface area contributed by atoms with E-state index in [1.54, 1.807) is 12.1 Å². The molecule has 1 atom stereocenters. The first-order chi connectivity index (χ1) is 10.6. The molecular weight excluding hydrogens is 294 g/mol. The molecule has 0 amide bonds. The van der Waals surface area contributed by atoms with Crippen molar-refractivity contribution < 1.29 is 9.32 Å². The summed E-state index contributed by atoms with van der Waals surface area (Å²) >= 11 is 0. The van der Waals surface area contributed by atoms with Gasteiger partial charge in [-0.3, -0.25) is 4.99 Å². The number of rotatable bonds is 3. The summed E-state index contributed by atoms with van der Waals surface area (Å²) in [6, 6.07) is 16.8. The van der Waals surface area contributed by atoms with Crippen LogP contribution in [0.25, 0.3) is 5.76 Å². The summed E-state index contributed by atoms with van der Waals surface area (Å²) in [7, 11) is -1.41. The second kappa shape index (κ2) is 5.89. The number of fused-ring (bicyclic) bond motifs is 1. The quantitative estimate of drug-likeness (QED) is 0.873. The molecule has 2 aromatic carbocycles. The van der Waals surface area contributed by atoms with E-state index in [0.717, 1.165) is 5.56 Å². The Morgan fingerprint density at radius 1 is 1.05 bits per heavy atom. The Morgan fingerprint density at radius 3 is 2.32 bits per heavy atom. The van der Waals surface area contributed by atoms with Gasteiger partial charge in [0.15, 0.2) is 0 Å². The fourth-order valence-electron chi connectivity index (χ4n) is 2.46. The van der Waals surface area contributed by atoms with E-state index >= 15 is 0 Å². The van der Waals surface area contributed by atoms with E-state index in [9.17, 15) is 9.32 Å². The molecule has 1 N–H and O–H groups in total. The van der Waals surface area contributed by atoms with Crippen molar-refractivity contribution in [2.45, 2.75) is 24.8 Å². The first kappa shape index (κ1) is 14.7. The van der Waals surface area contributed by atoms with E-state index in [0.29, 0.717) is 21.1 Å². The summed E-state index contributed by atoms with van der Waals surface area (Å²) in [6.45, 7) is 3.93. The molecule has 22 heavy (non-hydrogen) atoms. The zero-order valence-electron chi connectivity index (χ0n) is 12.5. The van der Waals surface area contributed by atoms with Crippen molar-refractivity contribution in [3.63, 3.8) is 0 Å². The van der Waals surface area contributed by atoms with E-state index in [1.807, 2.05) is 56.3 Å². The molecule has 3 nitrogen and oxygen atoms in total. The average molecular weight is 311 g/mol. The monoisotopic (exact) mass is 311 g/mol. The molecule has 1 aliphatic heterocycles. The molecule has 4 heteroatoms. The Kier molecular flexibility index (Phi) is 3.94. The van der Waals surface area contributed by atoms with E-state index < -0.39 is 10.8 Å². The van der Waals surface area contributed by atoms with Crippen molar-refractivity contribution >= 4 is 22.3 Å². The first-order valence-electron chi connectivity index (χ1n) is 7.17. The van der Waals surface area contributed by atoms with Gasteiger partial charge >= 0.3 is 0 Å². The molecule has 0 radical (unpaired) electrons. The third-order valence-corrected chi connectivity index (χ3v) is 4.90. The minimum atomic E-state index is -1.41. The first-order valence-corrected chi connectivity index (χ1v) is 8.32. The molecule has 1 unspecified atom stereocenters. The summed E-state index contributed by atoms with van der Waals surface area (Å²) < 4.78 is 12.8. The van der Waals surface area contributed by atoms with Crippen molar-refractivity contribution in [2.24, 2.45) is 4.99 Å². The van der Waals surface area contributed by atoms with E-state index in [-0.39, 0.29) is 11.8 Å². The van der Waals surface area contributed by atoms with Crippen molar-refractivity contribution in [2.75, 3.05) is 0 Å². The van der Waals surface area contributed by atoms with Gasteiger partial charge in [0.1, 0.15) is 10.7 Å². The van der Waals surface area contributed by atoms with Crippen LogP contribution in [0.15, 0.2) is 69.4 Å². The van der Waals surface area contributed by atoms with Crippen LogP contribution in [-0.4, -0.2) is 21.1 Å². The van der Waals surface area contributed by atoms with Crippen LogP contribution >= 0.6 is 0 Å². The number of allylic oxidation sites excluding steroid dienone is 1. The molecule has 0 aliphatic carbocycles. The predicted octanol–water partition coefficient (Wildman–Crippen LogP) is 3.93. The van der Waals surface area contributed by atoms with Crippen LogP contribution in [0.2, 0.25) is 0 Å². The Hall–Kier alpha value is -2.20. The molecule has 0 fully saturated rings. The van der Waals surface area contributed by atoms with Crippen LogP contribution in [0, 0.1) is 0 Å². The molecule has 0 saturated heterocycles. The molecular formula is C18H17NO2S. The molecule has 1 aliphatic rings. The molecule has 112 valence electrons. The second-order valence-corrected chi connectivity index (χ2v) is 6.77. The van der Waals surface area contributed by atoms with Crippen LogP contribution in [-0.2, 0) is 10.8 Å². The zero-order chi connectivity index (χ0) is 15.7. The molecule has 0 bridgehead atoms. The van der Waals surface area contributed by atoms with Gasteiger partial charge in [-0.2, -0.15) is 0 Å². The van der Waals surface area contributed by atoms with Crippen LogP contribution in [0.3, 0.4) is 0 Å². The largest absolute Gasteiger partial charge is 0.506 e. The number of benzene rings is 2. The lowest BCUT2D eigenvalue weighted by atomic mass is 10.1. The van der Waals surface area contributed by atoms with Gasteiger partial charge in [-0.05, 0) is 26.0 Å². The fourth-order valence-corrected chi connectivity index (χ4v) is 3.88. The van der Waals surface area contributed by atoms with Crippen molar-refractivity contribution in [3.8, 4) is 0 Å². The smallest absolute Gasteiger partial charge is 0.142 e. The molecule has 0 spiro atoms. The number of aliphatic hydroxyl groups is 1. The van der Waals surface area contributed by atoms with Gasteiger partial charge < -0.3 is 5.11 Å². The van der Waals surface area contributed by atoms with Gasteiger partial charge in [0.25, 0.3) is 0 Å². The van der Waals surface area contributed by atoms with Gasteiger partial charge in [0, 0.05) is 17.2 Å². The molecule has 0 aromatic heterocycles. The number of hydrogen-bond donors (Lipinski definition) is 1.